The molecule has 1 aromatic heterocycles. The number of nitrogens with zero attached hydrogens (tertiary/aromatic N) is 3. The van der Waals surface area contributed by atoms with Crippen molar-refractivity contribution in [3.8, 4) is 0 Å². The lowest BCUT2D eigenvalue weighted by Gasteiger charge is -2.18. The van der Waals surface area contributed by atoms with E-state index in [1.165, 1.54) is 22.2 Å². The lowest BCUT2D eigenvalue weighted by atomic mass is 10.2. The van der Waals surface area contributed by atoms with Gasteiger partial charge in [-0.05, 0) is 11.6 Å². The van der Waals surface area contributed by atoms with Gasteiger partial charge in [0.25, 0.3) is 10.0 Å². The van der Waals surface area contributed by atoms with E-state index < -0.39 is 10.0 Å². The molecule has 0 spiro atoms. The summed E-state index contributed by atoms with van der Waals surface area (Å²) in [5.41, 5.74) is 6.35. The molecule has 1 heterocycles. The molecule has 8 heteroatoms. The van der Waals surface area contributed by atoms with Crippen LogP contribution in [0.25, 0.3) is 0 Å². The molecule has 108 valence electrons. The maximum atomic E-state index is 12.5. The SMILES string of the molecule is CN(Cc1ccccc1Cl)S(=O)(=O)c1c(N)ncn1C. The molecule has 0 aliphatic rings. The highest BCUT2D eigenvalue weighted by atomic mass is 35.5. The van der Waals surface area contributed by atoms with Crippen molar-refractivity contribution < 1.29 is 8.42 Å². The Kier molecular flexibility index (Phi) is 4.03. The molecule has 0 fully saturated rings. The van der Waals surface area contributed by atoms with Gasteiger partial charge in [0, 0.05) is 25.7 Å². The number of hydrogen-bond acceptors (Lipinski definition) is 4. The van der Waals surface area contributed by atoms with Gasteiger partial charge in [-0.2, -0.15) is 4.31 Å². The third-order valence-electron chi connectivity index (χ3n) is 2.91. The molecule has 6 nitrogen and oxygen atoms in total. The molecular weight excluding hydrogens is 300 g/mol. The average molecular weight is 315 g/mol. The van der Waals surface area contributed by atoms with Crippen molar-refractivity contribution in [2.75, 3.05) is 12.8 Å². The second-order valence-corrected chi connectivity index (χ2v) is 6.77. The standard InChI is InChI=1S/C12H15ClN4O2S/c1-16-8-15-11(14)12(16)20(18,19)17(2)7-9-5-3-4-6-10(9)13/h3-6,8H,7,14H2,1-2H3. The number of anilines is 1. The first kappa shape index (κ1) is 14.8. The maximum Gasteiger partial charge on any atom is 0.262 e. The Labute approximate surface area is 122 Å². The van der Waals surface area contributed by atoms with Crippen molar-refractivity contribution in [3.63, 3.8) is 0 Å². The van der Waals surface area contributed by atoms with Gasteiger partial charge in [-0.3, -0.25) is 0 Å². The molecule has 0 radical (unpaired) electrons. The number of rotatable bonds is 4. The molecule has 2 rings (SSSR count). The molecule has 0 amide bonds. The molecule has 0 atom stereocenters. The molecule has 0 bridgehead atoms. The molecular formula is C12H15ClN4O2S. The number of imidazole rings is 1. The van der Waals surface area contributed by atoms with Gasteiger partial charge in [0.05, 0.1) is 6.33 Å². The second kappa shape index (κ2) is 5.43. The lowest BCUT2D eigenvalue weighted by Crippen LogP contribution is -2.28. The van der Waals surface area contributed by atoms with E-state index >= 15 is 0 Å². The fraction of sp³-hybridized carbons (Fsp3) is 0.250. The van der Waals surface area contributed by atoms with E-state index in [4.69, 9.17) is 17.3 Å². The smallest absolute Gasteiger partial charge is 0.262 e. The highest BCUT2D eigenvalue weighted by molar-refractivity contribution is 7.89. The average Bonchev–Trinajstić information content (AvgIpc) is 2.72. The Morgan fingerprint density at radius 1 is 1.40 bits per heavy atom. The number of aryl methyl sites for hydroxylation is 1. The molecule has 0 saturated heterocycles. The summed E-state index contributed by atoms with van der Waals surface area (Å²) in [5, 5.41) is 0.500. The summed E-state index contributed by atoms with van der Waals surface area (Å²) in [7, 11) is -0.662. The Morgan fingerprint density at radius 2 is 2.05 bits per heavy atom. The number of benzene rings is 1. The van der Waals surface area contributed by atoms with E-state index in [2.05, 4.69) is 4.98 Å². The summed E-state index contributed by atoms with van der Waals surface area (Å²) in [4.78, 5) is 3.80. The van der Waals surface area contributed by atoms with Crippen LogP contribution in [0.4, 0.5) is 5.82 Å². The molecule has 2 N–H and O–H groups in total. The van der Waals surface area contributed by atoms with Crippen molar-refractivity contribution in [2.45, 2.75) is 11.6 Å². The Bertz CT molecular complexity index is 707. The van der Waals surface area contributed by atoms with Gasteiger partial charge >= 0.3 is 0 Å². The van der Waals surface area contributed by atoms with Crippen LogP contribution in [0.3, 0.4) is 0 Å². The van der Waals surface area contributed by atoms with E-state index in [-0.39, 0.29) is 17.4 Å². The first-order chi connectivity index (χ1) is 9.34. The second-order valence-electron chi connectivity index (χ2n) is 4.40. The van der Waals surface area contributed by atoms with Crippen LogP contribution in [-0.4, -0.2) is 29.3 Å². The van der Waals surface area contributed by atoms with Gasteiger partial charge in [0.15, 0.2) is 10.8 Å². The van der Waals surface area contributed by atoms with E-state index in [9.17, 15) is 8.42 Å². The van der Waals surface area contributed by atoms with Crippen molar-refractivity contribution >= 4 is 27.4 Å². The predicted molar refractivity (Wildman–Crippen MR) is 77.7 cm³/mol. The van der Waals surface area contributed by atoms with Gasteiger partial charge in [-0.15, -0.1) is 0 Å². The number of hydrogen-bond donors (Lipinski definition) is 1. The quantitative estimate of drug-likeness (QED) is 0.926. The van der Waals surface area contributed by atoms with Crippen LogP contribution in [-0.2, 0) is 23.6 Å². The van der Waals surface area contributed by atoms with E-state index in [0.717, 1.165) is 5.56 Å². The van der Waals surface area contributed by atoms with Crippen molar-refractivity contribution in [1.29, 1.82) is 0 Å². The summed E-state index contributed by atoms with van der Waals surface area (Å²) >= 11 is 6.04. The topological polar surface area (TPSA) is 81.2 Å². The van der Waals surface area contributed by atoms with Gasteiger partial charge in [0.2, 0.25) is 0 Å². The van der Waals surface area contributed by atoms with Crippen LogP contribution >= 0.6 is 11.6 Å². The van der Waals surface area contributed by atoms with Crippen LogP contribution in [0.15, 0.2) is 35.6 Å². The number of aromatic nitrogens is 2. The first-order valence-corrected chi connectivity index (χ1v) is 7.62. The largest absolute Gasteiger partial charge is 0.381 e. The highest BCUT2D eigenvalue weighted by Crippen LogP contribution is 2.23. The number of nitrogen functional groups attached to an aromatic ring is 1. The summed E-state index contributed by atoms with van der Waals surface area (Å²) < 4.78 is 27.6. The number of halogens is 1. The number of nitrogens with two attached hydrogens (primary N) is 1. The van der Waals surface area contributed by atoms with E-state index in [0.29, 0.717) is 5.02 Å². The monoisotopic (exact) mass is 314 g/mol. The fourth-order valence-corrected chi connectivity index (χ4v) is 3.38. The first-order valence-electron chi connectivity index (χ1n) is 5.80. The van der Waals surface area contributed by atoms with Crippen LogP contribution in [0.1, 0.15) is 5.56 Å². The van der Waals surface area contributed by atoms with Gasteiger partial charge < -0.3 is 10.3 Å². The minimum Gasteiger partial charge on any atom is -0.381 e. The van der Waals surface area contributed by atoms with E-state index in [1.807, 2.05) is 0 Å². The van der Waals surface area contributed by atoms with Crippen molar-refractivity contribution in [1.82, 2.24) is 13.9 Å². The highest BCUT2D eigenvalue weighted by Gasteiger charge is 2.27. The fourth-order valence-electron chi connectivity index (χ4n) is 1.85. The Morgan fingerprint density at radius 3 is 2.60 bits per heavy atom. The van der Waals surface area contributed by atoms with E-state index in [1.54, 1.807) is 31.3 Å². The van der Waals surface area contributed by atoms with Gasteiger partial charge in [-0.25, -0.2) is 13.4 Å². The molecule has 20 heavy (non-hydrogen) atoms. The summed E-state index contributed by atoms with van der Waals surface area (Å²) in [5.74, 6) is -0.0153. The molecule has 0 unspecified atom stereocenters. The van der Waals surface area contributed by atoms with Crippen molar-refractivity contribution in [2.24, 2.45) is 7.05 Å². The third kappa shape index (κ3) is 2.65. The summed E-state index contributed by atoms with van der Waals surface area (Å²) in [6.45, 7) is 0.159. The lowest BCUT2D eigenvalue weighted by molar-refractivity contribution is 0.461. The molecule has 0 saturated carbocycles. The normalized spacial score (nSPS) is 12.0. The molecule has 0 aliphatic heterocycles. The van der Waals surface area contributed by atoms with Crippen LogP contribution in [0.2, 0.25) is 5.02 Å². The van der Waals surface area contributed by atoms with Gasteiger partial charge in [0.1, 0.15) is 0 Å². The Hall–Kier alpha value is -1.57. The summed E-state index contributed by atoms with van der Waals surface area (Å²) in [6, 6.07) is 7.09. The van der Waals surface area contributed by atoms with Crippen LogP contribution in [0, 0.1) is 0 Å². The molecule has 0 aliphatic carbocycles. The van der Waals surface area contributed by atoms with Crippen LogP contribution in [0.5, 0.6) is 0 Å². The minimum atomic E-state index is -3.72. The van der Waals surface area contributed by atoms with Crippen molar-refractivity contribution in [3.05, 3.63) is 41.2 Å². The molecule has 2 aromatic rings. The van der Waals surface area contributed by atoms with Gasteiger partial charge in [-0.1, -0.05) is 29.8 Å². The molecule has 1 aromatic carbocycles. The third-order valence-corrected chi connectivity index (χ3v) is 5.22. The zero-order valence-electron chi connectivity index (χ0n) is 11.1. The zero-order chi connectivity index (χ0) is 14.9. The summed E-state index contributed by atoms with van der Waals surface area (Å²) in [6.07, 6.45) is 1.37. The predicted octanol–water partition coefficient (Wildman–Crippen LogP) is 1.48. The number of sulfonamides is 1. The zero-order valence-corrected chi connectivity index (χ0v) is 12.7. The minimum absolute atomic E-state index is 0.0153. The Balaban J connectivity index is 2.34. The maximum absolute atomic E-state index is 12.5. The van der Waals surface area contributed by atoms with Crippen LogP contribution < -0.4 is 5.73 Å².